The normalized spacial score (nSPS) is 11.9. The van der Waals surface area contributed by atoms with Crippen molar-refractivity contribution in [2.24, 2.45) is 5.92 Å². The van der Waals surface area contributed by atoms with Crippen LogP contribution in [-0.2, 0) is 6.42 Å². The van der Waals surface area contributed by atoms with Crippen molar-refractivity contribution < 1.29 is 9.84 Å². The Morgan fingerprint density at radius 2 is 2.33 bits per heavy atom. The molecule has 80 valence electrons. The highest BCUT2D eigenvalue weighted by molar-refractivity contribution is 9.10. The summed E-state index contributed by atoms with van der Waals surface area (Å²) in [7, 11) is 1.60. The molecule has 1 aromatic rings. The predicted octanol–water partition coefficient (Wildman–Crippen LogP) is 2.13. The quantitative estimate of drug-likeness (QED) is 0.911. The molecule has 1 rings (SSSR count). The number of halogens is 1. The summed E-state index contributed by atoms with van der Waals surface area (Å²) in [5, 5.41) is 17.6. The molecule has 1 atom stereocenters. The van der Waals surface area contributed by atoms with Crippen molar-refractivity contribution in [2.75, 3.05) is 13.7 Å². The van der Waals surface area contributed by atoms with E-state index in [1.807, 2.05) is 18.2 Å². The van der Waals surface area contributed by atoms with E-state index >= 15 is 0 Å². The molecule has 3 nitrogen and oxygen atoms in total. The van der Waals surface area contributed by atoms with E-state index in [1.165, 1.54) is 0 Å². The van der Waals surface area contributed by atoms with E-state index < -0.39 is 0 Å². The lowest BCUT2D eigenvalue weighted by Gasteiger charge is -2.08. The molecule has 0 bridgehead atoms. The van der Waals surface area contributed by atoms with Gasteiger partial charge in [-0.2, -0.15) is 5.26 Å². The van der Waals surface area contributed by atoms with E-state index in [4.69, 9.17) is 15.1 Å². The third kappa shape index (κ3) is 3.22. The van der Waals surface area contributed by atoms with Gasteiger partial charge >= 0.3 is 0 Å². The standard InChI is InChI=1S/C11H12BrNO2/c1-15-11-3-2-8(5-10(11)12)4-9(6-13)7-14/h2-3,5,9,14H,4,7H2,1H3/t9-/m0/s1. The van der Waals surface area contributed by atoms with Crippen LogP contribution in [-0.4, -0.2) is 18.8 Å². The maximum absolute atomic E-state index is 8.90. The molecule has 1 aromatic carbocycles. The van der Waals surface area contributed by atoms with Crippen LogP contribution >= 0.6 is 15.9 Å². The van der Waals surface area contributed by atoms with Crippen LogP contribution < -0.4 is 4.74 Å². The molecule has 0 amide bonds. The van der Waals surface area contributed by atoms with Gasteiger partial charge in [-0.3, -0.25) is 0 Å². The Bertz CT molecular complexity index is 373. The molecule has 0 unspecified atom stereocenters. The van der Waals surface area contributed by atoms with Crippen LogP contribution in [0, 0.1) is 17.2 Å². The van der Waals surface area contributed by atoms with Crippen molar-refractivity contribution in [2.45, 2.75) is 6.42 Å². The number of rotatable bonds is 4. The number of ether oxygens (including phenoxy) is 1. The van der Waals surface area contributed by atoms with Gasteiger partial charge in [0.1, 0.15) is 5.75 Å². The van der Waals surface area contributed by atoms with E-state index in [0.717, 1.165) is 15.8 Å². The van der Waals surface area contributed by atoms with Crippen molar-refractivity contribution in [3.8, 4) is 11.8 Å². The number of aliphatic hydroxyl groups excluding tert-OH is 1. The highest BCUT2D eigenvalue weighted by Crippen LogP contribution is 2.26. The van der Waals surface area contributed by atoms with Gasteiger partial charge < -0.3 is 9.84 Å². The van der Waals surface area contributed by atoms with Crippen molar-refractivity contribution in [1.82, 2.24) is 0 Å². The van der Waals surface area contributed by atoms with E-state index in [1.54, 1.807) is 7.11 Å². The fourth-order valence-corrected chi connectivity index (χ4v) is 1.86. The van der Waals surface area contributed by atoms with Crippen molar-refractivity contribution in [3.05, 3.63) is 28.2 Å². The first-order valence-corrected chi connectivity index (χ1v) is 5.33. The summed E-state index contributed by atoms with van der Waals surface area (Å²) in [6.07, 6.45) is 0.551. The summed E-state index contributed by atoms with van der Waals surface area (Å²) in [6.45, 7) is -0.111. The second-order valence-corrected chi connectivity index (χ2v) is 4.04. The molecule has 0 saturated heterocycles. The zero-order chi connectivity index (χ0) is 11.3. The zero-order valence-electron chi connectivity index (χ0n) is 8.40. The molecule has 0 fully saturated rings. The minimum atomic E-state index is -0.342. The summed E-state index contributed by atoms with van der Waals surface area (Å²) in [5.41, 5.74) is 1.00. The fourth-order valence-electron chi connectivity index (χ4n) is 1.27. The SMILES string of the molecule is COc1ccc(C[C@@H](C#N)CO)cc1Br. The third-order valence-corrected chi connectivity index (χ3v) is 2.72. The first kappa shape index (κ1) is 12.0. The molecule has 1 N–H and O–H groups in total. The maximum atomic E-state index is 8.90. The largest absolute Gasteiger partial charge is 0.496 e. The second kappa shape index (κ2) is 5.74. The van der Waals surface area contributed by atoms with Gasteiger partial charge in [0.05, 0.1) is 30.2 Å². The van der Waals surface area contributed by atoms with Crippen LogP contribution in [0.15, 0.2) is 22.7 Å². The van der Waals surface area contributed by atoms with Gasteiger partial charge in [-0.25, -0.2) is 0 Å². The molecule has 15 heavy (non-hydrogen) atoms. The molecule has 0 radical (unpaired) electrons. The summed E-state index contributed by atoms with van der Waals surface area (Å²) in [5.74, 6) is 0.418. The molecule has 0 aliphatic heterocycles. The minimum absolute atomic E-state index is 0.111. The number of hydrogen-bond donors (Lipinski definition) is 1. The molecule has 0 aliphatic rings. The van der Waals surface area contributed by atoms with Gasteiger partial charge in [-0.05, 0) is 40.0 Å². The van der Waals surface area contributed by atoms with Crippen LogP contribution in [0.5, 0.6) is 5.75 Å². The van der Waals surface area contributed by atoms with Crippen LogP contribution in [0.3, 0.4) is 0 Å². The van der Waals surface area contributed by atoms with E-state index in [9.17, 15) is 0 Å². The maximum Gasteiger partial charge on any atom is 0.133 e. The molecular weight excluding hydrogens is 258 g/mol. The lowest BCUT2D eigenvalue weighted by molar-refractivity contribution is 0.255. The van der Waals surface area contributed by atoms with Gasteiger partial charge in [0.15, 0.2) is 0 Å². The average Bonchev–Trinajstić information content (AvgIpc) is 2.26. The Hall–Kier alpha value is -1.05. The van der Waals surface area contributed by atoms with Crippen molar-refractivity contribution in [1.29, 1.82) is 5.26 Å². The van der Waals surface area contributed by atoms with Crippen LogP contribution in [0.25, 0.3) is 0 Å². The first-order chi connectivity index (χ1) is 7.21. The van der Waals surface area contributed by atoms with Gasteiger partial charge in [0.25, 0.3) is 0 Å². The Morgan fingerprint density at radius 1 is 1.60 bits per heavy atom. The van der Waals surface area contributed by atoms with Crippen LogP contribution in [0.2, 0.25) is 0 Å². The Labute approximate surface area is 97.4 Å². The highest BCUT2D eigenvalue weighted by Gasteiger charge is 2.08. The monoisotopic (exact) mass is 269 g/mol. The average molecular weight is 270 g/mol. The smallest absolute Gasteiger partial charge is 0.133 e. The second-order valence-electron chi connectivity index (χ2n) is 3.18. The Morgan fingerprint density at radius 3 is 2.80 bits per heavy atom. The number of benzene rings is 1. The van der Waals surface area contributed by atoms with Gasteiger partial charge in [-0.1, -0.05) is 6.07 Å². The lowest BCUT2D eigenvalue weighted by atomic mass is 10.0. The molecule has 0 saturated carbocycles. The summed E-state index contributed by atoms with van der Waals surface area (Å²) >= 11 is 3.37. The summed E-state index contributed by atoms with van der Waals surface area (Å²) in [6, 6.07) is 7.68. The highest BCUT2D eigenvalue weighted by atomic mass is 79.9. The van der Waals surface area contributed by atoms with Gasteiger partial charge in [-0.15, -0.1) is 0 Å². The lowest BCUT2D eigenvalue weighted by Crippen LogP contribution is -2.06. The van der Waals surface area contributed by atoms with E-state index in [2.05, 4.69) is 22.0 Å². The zero-order valence-corrected chi connectivity index (χ0v) is 9.99. The van der Waals surface area contributed by atoms with Gasteiger partial charge in [0, 0.05) is 0 Å². The predicted molar refractivity (Wildman–Crippen MR) is 60.6 cm³/mol. The van der Waals surface area contributed by atoms with Crippen molar-refractivity contribution in [3.63, 3.8) is 0 Å². The molecule has 4 heteroatoms. The summed E-state index contributed by atoms with van der Waals surface area (Å²) < 4.78 is 5.95. The topological polar surface area (TPSA) is 53.2 Å². The Balaban J connectivity index is 2.80. The third-order valence-electron chi connectivity index (χ3n) is 2.10. The van der Waals surface area contributed by atoms with E-state index in [0.29, 0.717) is 6.42 Å². The minimum Gasteiger partial charge on any atom is -0.496 e. The number of hydrogen-bond acceptors (Lipinski definition) is 3. The summed E-state index contributed by atoms with van der Waals surface area (Å²) in [4.78, 5) is 0. The number of methoxy groups -OCH3 is 1. The number of nitrogens with zero attached hydrogens (tertiary/aromatic N) is 1. The first-order valence-electron chi connectivity index (χ1n) is 4.54. The fraction of sp³-hybridized carbons (Fsp3) is 0.364. The molecular formula is C11H12BrNO2. The molecule has 0 aliphatic carbocycles. The Kier molecular flexibility index (Phi) is 4.60. The van der Waals surface area contributed by atoms with Gasteiger partial charge in [0.2, 0.25) is 0 Å². The van der Waals surface area contributed by atoms with E-state index in [-0.39, 0.29) is 12.5 Å². The van der Waals surface area contributed by atoms with Crippen molar-refractivity contribution >= 4 is 15.9 Å². The number of aliphatic hydroxyl groups is 1. The van der Waals surface area contributed by atoms with Crippen LogP contribution in [0.1, 0.15) is 5.56 Å². The molecule has 0 aromatic heterocycles. The number of nitriles is 1. The molecule has 0 spiro atoms. The molecule has 0 heterocycles. The van der Waals surface area contributed by atoms with Crippen LogP contribution in [0.4, 0.5) is 0 Å².